The zero-order valence-electron chi connectivity index (χ0n) is 17.6. The fraction of sp³-hybridized carbons (Fsp3) is 0.130. The van der Waals surface area contributed by atoms with Crippen LogP contribution in [0.25, 0.3) is 27.6 Å². The molecule has 5 rings (SSSR count). The number of hydrogen-bond acceptors (Lipinski definition) is 5. The van der Waals surface area contributed by atoms with Gasteiger partial charge in [-0.05, 0) is 36.1 Å². The minimum atomic E-state index is -0.685. The normalized spacial score (nSPS) is 12.4. The van der Waals surface area contributed by atoms with Crippen molar-refractivity contribution in [3.63, 3.8) is 0 Å². The molecule has 2 aromatic carbocycles. The van der Waals surface area contributed by atoms with E-state index in [1.54, 1.807) is 24.3 Å². The van der Waals surface area contributed by atoms with Crippen molar-refractivity contribution < 1.29 is 4.39 Å². The van der Waals surface area contributed by atoms with Gasteiger partial charge in [-0.25, -0.2) is 19.3 Å². The molecule has 0 aliphatic rings. The van der Waals surface area contributed by atoms with E-state index in [1.165, 1.54) is 29.4 Å². The molecule has 1 unspecified atom stereocenters. The predicted molar refractivity (Wildman–Crippen MR) is 133 cm³/mol. The molecule has 3 heterocycles. The van der Waals surface area contributed by atoms with E-state index >= 15 is 0 Å². The number of hydrogen-bond donors (Lipinski definition) is 2. The van der Waals surface area contributed by atoms with Crippen molar-refractivity contribution in [2.45, 2.75) is 19.4 Å². The summed E-state index contributed by atoms with van der Waals surface area (Å²) in [5.74, 6) is -0.193. The number of rotatable bonds is 5. The molecule has 0 aliphatic heterocycles. The van der Waals surface area contributed by atoms with Crippen LogP contribution in [-0.4, -0.2) is 24.5 Å². The summed E-state index contributed by atoms with van der Waals surface area (Å²) in [5.41, 5.74) is 1.53. The number of benzene rings is 2. The minimum Gasteiger partial charge on any atom is -0.360 e. The summed E-state index contributed by atoms with van der Waals surface area (Å²) in [6.45, 7) is 1.96. The number of nitrogens with one attached hydrogen (secondary N) is 2. The largest absolute Gasteiger partial charge is 0.360 e. The monoisotopic (exact) mass is 516 g/mol. The fourth-order valence-corrected chi connectivity index (χ4v) is 4.58. The van der Waals surface area contributed by atoms with Crippen LogP contribution in [-0.2, 0) is 0 Å². The highest BCUT2D eigenvalue weighted by atomic mass is 35.5. The standard InChI is InChI=1S/C23H16Cl3FN6O/c1-2-14(32-22-20-21(29-9-28-20)30-10-31-22)16-8-11-6-7-13(27)19(26)17(11)23(34)33(16)15-5-3-4-12(24)18(15)25/h3-10,14H,2H2,1H3,(H2,28,29,30,31,32). The topological polar surface area (TPSA) is 88.5 Å². The zero-order chi connectivity index (χ0) is 24.0. The van der Waals surface area contributed by atoms with Gasteiger partial charge in [0.15, 0.2) is 11.5 Å². The predicted octanol–water partition coefficient (Wildman–Crippen LogP) is 6.32. The average Bonchev–Trinajstić information content (AvgIpc) is 3.31. The van der Waals surface area contributed by atoms with Crippen LogP contribution in [0.5, 0.6) is 0 Å². The van der Waals surface area contributed by atoms with E-state index in [1.807, 2.05) is 6.92 Å². The molecule has 11 heteroatoms. The molecule has 0 spiro atoms. The lowest BCUT2D eigenvalue weighted by Crippen LogP contribution is -2.27. The van der Waals surface area contributed by atoms with Crippen molar-refractivity contribution in [3.05, 3.63) is 86.0 Å². The molecule has 1 atom stereocenters. The van der Waals surface area contributed by atoms with Gasteiger partial charge in [0.25, 0.3) is 5.56 Å². The summed E-state index contributed by atoms with van der Waals surface area (Å²) < 4.78 is 15.7. The lowest BCUT2D eigenvalue weighted by molar-refractivity contribution is 0.629. The first-order chi connectivity index (χ1) is 16.4. The lowest BCUT2D eigenvalue weighted by atomic mass is 10.0. The van der Waals surface area contributed by atoms with Crippen molar-refractivity contribution >= 4 is 62.6 Å². The molecule has 0 radical (unpaired) electrons. The van der Waals surface area contributed by atoms with Gasteiger partial charge >= 0.3 is 0 Å². The van der Waals surface area contributed by atoms with Gasteiger partial charge < -0.3 is 10.3 Å². The molecule has 0 fully saturated rings. The molecule has 34 heavy (non-hydrogen) atoms. The van der Waals surface area contributed by atoms with Crippen molar-refractivity contribution in [1.82, 2.24) is 24.5 Å². The van der Waals surface area contributed by atoms with Gasteiger partial charge in [-0.2, -0.15) is 0 Å². The summed E-state index contributed by atoms with van der Waals surface area (Å²) in [4.78, 5) is 29.5. The number of pyridine rings is 1. The molecule has 0 saturated heterocycles. The number of fused-ring (bicyclic) bond motifs is 2. The molecule has 3 aromatic heterocycles. The number of halogens is 4. The SMILES string of the molecule is CCC(Nc1ncnc2[nH]cnc12)c1cc2ccc(F)c(Cl)c2c(=O)n1-c1cccc(Cl)c1Cl. The molecule has 5 aromatic rings. The first-order valence-electron chi connectivity index (χ1n) is 10.3. The molecular formula is C23H16Cl3FN6O. The number of imidazole rings is 1. The summed E-state index contributed by atoms with van der Waals surface area (Å²) in [7, 11) is 0. The van der Waals surface area contributed by atoms with Crippen molar-refractivity contribution in [1.29, 1.82) is 0 Å². The Kier molecular flexibility index (Phi) is 5.89. The zero-order valence-corrected chi connectivity index (χ0v) is 19.9. The third kappa shape index (κ3) is 3.68. The quantitative estimate of drug-likeness (QED) is 0.285. The Balaban J connectivity index is 1.79. The average molecular weight is 518 g/mol. The molecule has 0 aliphatic carbocycles. The van der Waals surface area contributed by atoms with Crippen LogP contribution in [0.3, 0.4) is 0 Å². The van der Waals surface area contributed by atoms with E-state index in [0.717, 1.165) is 0 Å². The van der Waals surface area contributed by atoms with E-state index in [9.17, 15) is 9.18 Å². The van der Waals surface area contributed by atoms with Crippen molar-refractivity contribution in [2.75, 3.05) is 5.32 Å². The smallest absolute Gasteiger partial charge is 0.264 e. The number of aromatic amines is 1. The third-order valence-corrected chi connectivity index (χ3v) is 6.75. The summed E-state index contributed by atoms with van der Waals surface area (Å²) in [5, 5.41) is 4.11. The Morgan fingerprint density at radius 1 is 1.12 bits per heavy atom. The van der Waals surface area contributed by atoms with Crippen LogP contribution in [0.1, 0.15) is 25.1 Å². The van der Waals surface area contributed by atoms with E-state index in [0.29, 0.717) is 40.2 Å². The van der Waals surface area contributed by atoms with Gasteiger partial charge in [-0.1, -0.05) is 53.9 Å². The second-order valence-corrected chi connectivity index (χ2v) is 8.70. The Labute approximate surface area is 207 Å². The number of anilines is 1. The van der Waals surface area contributed by atoms with Crippen LogP contribution in [0, 0.1) is 5.82 Å². The Bertz CT molecular complexity index is 1620. The summed E-state index contributed by atoms with van der Waals surface area (Å²) in [6, 6.07) is 9.10. The molecule has 0 amide bonds. The Morgan fingerprint density at radius 2 is 1.94 bits per heavy atom. The lowest BCUT2D eigenvalue weighted by Gasteiger charge is -2.24. The Morgan fingerprint density at radius 3 is 2.74 bits per heavy atom. The maximum Gasteiger partial charge on any atom is 0.264 e. The fourth-order valence-electron chi connectivity index (χ4n) is 3.95. The van der Waals surface area contributed by atoms with E-state index in [2.05, 4.69) is 25.3 Å². The van der Waals surface area contributed by atoms with E-state index in [4.69, 9.17) is 34.8 Å². The first-order valence-corrected chi connectivity index (χ1v) is 11.4. The maximum atomic E-state index is 14.3. The number of nitrogens with zero attached hydrogens (tertiary/aromatic N) is 4. The molecule has 0 bridgehead atoms. The van der Waals surface area contributed by atoms with Gasteiger partial charge in [-0.3, -0.25) is 9.36 Å². The Hall–Kier alpha value is -3.20. The number of aromatic nitrogens is 5. The highest BCUT2D eigenvalue weighted by Crippen LogP contribution is 2.34. The molecule has 7 nitrogen and oxygen atoms in total. The van der Waals surface area contributed by atoms with Crippen LogP contribution in [0.4, 0.5) is 10.2 Å². The van der Waals surface area contributed by atoms with Gasteiger partial charge in [0.1, 0.15) is 17.7 Å². The molecular weight excluding hydrogens is 502 g/mol. The summed E-state index contributed by atoms with van der Waals surface area (Å²) >= 11 is 19.0. The van der Waals surface area contributed by atoms with Crippen molar-refractivity contribution in [3.8, 4) is 5.69 Å². The third-order valence-electron chi connectivity index (χ3n) is 5.57. The van der Waals surface area contributed by atoms with E-state index < -0.39 is 17.4 Å². The number of H-pyrrole nitrogens is 1. The van der Waals surface area contributed by atoms with Crippen LogP contribution >= 0.6 is 34.8 Å². The van der Waals surface area contributed by atoms with Gasteiger partial charge in [0, 0.05) is 5.69 Å². The molecule has 172 valence electrons. The summed E-state index contributed by atoms with van der Waals surface area (Å²) in [6.07, 6.45) is 3.51. The van der Waals surface area contributed by atoms with Gasteiger partial charge in [0.2, 0.25) is 0 Å². The second-order valence-electron chi connectivity index (χ2n) is 7.54. The second kappa shape index (κ2) is 8.87. The minimum absolute atomic E-state index is 0.0491. The van der Waals surface area contributed by atoms with Crippen LogP contribution < -0.4 is 10.9 Å². The van der Waals surface area contributed by atoms with Gasteiger partial charge in [-0.15, -0.1) is 0 Å². The van der Waals surface area contributed by atoms with E-state index in [-0.39, 0.29) is 20.5 Å². The van der Waals surface area contributed by atoms with Crippen LogP contribution in [0.2, 0.25) is 15.1 Å². The molecule has 2 N–H and O–H groups in total. The highest BCUT2D eigenvalue weighted by molar-refractivity contribution is 6.43. The van der Waals surface area contributed by atoms with Crippen molar-refractivity contribution in [2.24, 2.45) is 0 Å². The van der Waals surface area contributed by atoms with Gasteiger partial charge in [0.05, 0.1) is 38.5 Å². The molecule has 0 saturated carbocycles. The maximum absolute atomic E-state index is 14.3. The first kappa shape index (κ1) is 22.6. The highest BCUT2D eigenvalue weighted by Gasteiger charge is 2.23. The van der Waals surface area contributed by atoms with Crippen LogP contribution in [0.15, 0.2) is 53.8 Å².